The van der Waals surface area contributed by atoms with Gasteiger partial charge in [-0.3, -0.25) is 0 Å². The molecule has 3 nitrogen and oxygen atoms in total. The zero-order valence-electron chi connectivity index (χ0n) is 9.14. The molecule has 0 aliphatic rings. The van der Waals surface area contributed by atoms with Crippen LogP contribution >= 0.6 is 11.8 Å². The standard InChI is InChI=1S/C12H11N3S/c1-15-4-3-8-5-9-10(6-11(8)15)13-7-14-12(9)16-2/h3-7H,1-2H3. The zero-order chi connectivity index (χ0) is 11.1. The van der Waals surface area contributed by atoms with Crippen LogP contribution < -0.4 is 0 Å². The molecule has 2 heterocycles. The first-order valence-corrected chi connectivity index (χ1v) is 6.26. The maximum Gasteiger partial charge on any atom is 0.117 e. The Kier molecular flexibility index (Phi) is 2.11. The molecule has 0 fully saturated rings. The van der Waals surface area contributed by atoms with Crippen molar-refractivity contribution in [3.63, 3.8) is 0 Å². The Morgan fingerprint density at radius 1 is 1.25 bits per heavy atom. The normalized spacial score (nSPS) is 11.4. The van der Waals surface area contributed by atoms with E-state index in [2.05, 4.69) is 38.9 Å². The van der Waals surface area contributed by atoms with Crippen molar-refractivity contribution in [2.75, 3.05) is 6.26 Å². The van der Waals surface area contributed by atoms with Crippen molar-refractivity contribution in [1.29, 1.82) is 0 Å². The van der Waals surface area contributed by atoms with Crippen LogP contribution in [0.5, 0.6) is 0 Å². The number of fused-ring (bicyclic) bond motifs is 2. The lowest BCUT2D eigenvalue weighted by atomic mass is 10.2. The second kappa shape index (κ2) is 3.49. The van der Waals surface area contributed by atoms with Crippen LogP contribution in [-0.2, 0) is 7.05 Å². The topological polar surface area (TPSA) is 30.7 Å². The highest BCUT2D eigenvalue weighted by molar-refractivity contribution is 7.98. The van der Waals surface area contributed by atoms with Crippen LogP contribution in [0, 0.1) is 0 Å². The zero-order valence-corrected chi connectivity index (χ0v) is 9.95. The van der Waals surface area contributed by atoms with Gasteiger partial charge in [-0.15, -0.1) is 11.8 Å². The van der Waals surface area contributed by atoms with E-state index in [9.17, 15) is 0 Å². The van der Waals surface area contributed by atoms with Gasteiger partial charge in [-0.25, -0.2) is 9.97 Å². The molecule has 0 N–H and O–H groups in total. The molecule has 16 heavy (non-hydrogen) atoms. The van der Waals surface area contributed by atoms with E-state index in [0.29, 0.717) is 0 Å². The number of rotatable bonds is 1. The lowest BCUT2D eigenvalue weighted by Gasteiger charge is -2.03. The van der Waals surface area contributed by atoms with E-state index in [1.165, 1.54) is 10.9 Å². The Bertz CT molecular complexity index is 672. The number of nitrogens with zero attached hydrogens (tertiary/aromatic N) is 3. The Morgan fingerprint density at radius 3 is 2.94 bits per heavy atom. The van der Waals surface area contributed by atoms with Gasteiger partial charge in [0.15, 0.2) is 0 Å². The number of aryl methyl sites for hydroxylation is 1. The highest BCUT2D eigenvalue weighted by Gasteiger charge is 2.06. The number of hydrogen-bond acceptors (Lipinski definition) is 3. The molecular weight excluding hydrogens is 218 g/mol. The van der Waals surface area contributed by atoms with Gasteiger partial charge in [0.25, 0.3) is 0 Å². The maximum atomic E-state index is 4.32. The van der Waals surface area contributed by atoms with Gasteiger partial charge >= 0.3 is 0 Å². The van der Waals surface area contributed by atoms with Gasteiger partial charge in [0, 0.05) is 29.5 Å². The quantitative estimate of drug-likeness (QED) is 0.475. The van der Waals surface area contributed by atoms with Gasteiger partial charge in [-0.05, 0) is 24.5 Å². The van der Waals surface area contributed by atoms with E-state index < -0.39 is 0 Å². The van der Waals surface area contributed by atoms with Crippen molar-refractivity contribution in [1.82, 2.24) is 14.5 Å². The Balaban J connectivity index is 2.47. The molecule has 0 aliphatic heterocycles. The van der Waals surface area contributed by atoms with Crippen molar-refractivity contribution in [3.8, 4) is 0 Å². The first-order chi connectivity index (χ1) is 7.79. The Morgan fingerprint density at radius 2 is 2.12 bits per heavy atom. The lowest BCUT2D eigenvalue weighted by Crippen LogP contribution is -1.88. The van der Waals surface area contributed by atoms with Crippen LogP contribution in [0.2, 0.25) is 0 Å². The van der Waals surface area contributed by atoms with E-state index in [-0.39, 0.29) is 0 Å². The molecule has 0 aliphatic carbocycles. The fourth-order valence-corrected chi connectivity index (χ4v) is 2.50. The predicted octanol–water partition coefficient (Wildman–Crippen LogP) is 2.84. The smallest absolute Gasteiger partial charge is 0.117 e. The summed E-state index contributed by atoms with van der Waals surface area (Å²) in [5, 5.41) is 3.41. The Labute approximate surface area is 97.5 Å². The number of thioether (sulfide) groups is 1. The SMILES string of the molecule is CSc1ncnc2cc3c(ccn3C)cc12. The molecule has 0 saturated heterocycles. The number of aromatic nitrogens is 3. The van der Waals surface area contributed by atoms with Crippen molar-refractivity contribution in [3.05, 3.63) is 30.7 Å². The van der Waals surface area contributed by atoms with E-state index in [1.807, 2.05) is 13.3 Å². The highest BCUT2D eigenvalue weighted by atomic mass is 32.2. The highest BCUT2D eigenvalue weighted by Crippen LogP contribution is 2.27. The number of benzene rings is 1. The molecule has 0 radical (unpaired) electrons. The lowest BCUT2D eigenvalue weighted by molar-refractivity contribution is 0.969. The van der Waals surface area contributed by atoms with E-state index in [1.54, 1.807) is 18.1 Å². The number of hydrogen-bond donors (Lipinski definition) is 0. The summed E-state index contributed by atoms with van der Waals surface area (Å²) in [5.41, 5.74) is 2.21. The molecule has 0 amide bonds. The third-order valence-electron chi connectivity index (χ3n) is 2.80. The monoisotopic (exact) mass is 229 g/mol. The Hall–Kier alpha value is -1.55. The second-order valence-electron chi connectivity index (χ2n) is 3.74. The van der Waals surface area contributed by atoms with Crippen LogP contribution in [0.4, 0.5) is 0 Å². The molecule has 0 atom stereocenters. The summed E-state index contributed by atoms with van der Waals surface area (Å²) < 4.78 is 2.11. The molecule has 80 valence electrons. The first kappa shape index (κ1) is 9.66. The van der Waals surface area contributed by atoms with Crippen LogP contribution in [0.1, 0.15) is 0 Å². The summed E-state index contributed by atoms with van der Waals surface area (Å²) in [5.74, 6) is 0. The average molecular weight is 229 g/mol. The van der Waals surface area contributed by atoms with E-state index >= 15 is 0 Å². The van der Waals surface area contributed by atoms with Gasteiger partial charge in [-0.2, -0.15) is 0 Å². The average Bonchev–Trinajstić information content (AvgIpc) is 2.67. The van der Waals surface area contributed by atoms with Gasteiger partial charge in [0.2, 0.25) is 0 Å². The molecule has 4 heteroatoms. The minimum atomic E-state index is 1.01. The summed E-state index contributed by atoms with van der Waals surface area (Å²) in [7, 11) is 2.05. The van der Waals surface area contributed by atoms with Gasteiger partial charge < -0.3 is 4.57 Å². The second-order valence-corrected chi connectivity index (χ2v) is 4.53. The van der Waals surface area contributed by atoms with Crippen LogP contribution in [0.25, 0.3) is 21.8 Å². The summed E-state index contributed by atoms with van der Waals surface area (Å²) in [6.45, 7) is 0. The largest absolute Gasteiger partial charge is 0.350 e. The summed E-state index contributed by atoms with van der Waals surface area (Å²) in [6.07, 6.45) is 5.73. The third kappa shape index (κ3) is 1.30. The van der Waals surface area contributed by atoms with Gasteiger partial charge in [-0.1, -0.05) is 0 Å². The summed E-state index contributed by atoms with van der Waals surface area (Å²) in [4.78, 5) is 8.61. The van der Waals surface area contributed by atoms with Crippen molar-refractivity contribution >= 4 is 33.6 Å². The fourth-order valence-electron chi connectivity index (χ4n) is 1.96. The molecule has 0 bridgehead atoms. The van der Waals surface area contributed by atoms with Gasteiger partial charge in [0.05, 0.1) is 5.52 Å². The van der Waals surface area contributed by atoms with Crippen molar-refractivity contribution in [2.24, 2.45) is 7.05 Å². The fraction of sp³-hybridized carbons (Fsp3) is 0.167. The third-order valence-corrected chi connectivity index (χ3v) is 3.51. The minimum absolute atomic E-state index is 1.01. The molecular formula is C12H11N3S. The summed E-state index contributed by atoms with van der Waals surface area (Å²) in [6, 6.07) is 6.40. The maximum absolute atomic E-state index is 4.32. The molecule has 3 aromatic rings. The molecule has 0 saturated carbocycles. The molecule has 0 spiro atoms. The van der Waals surface area contributed by atoms with Crippen LogP contribution in [0.15, 0.2) is 35.7 Å². The predicted molar refractivity (Wildman–Crippen MR) is 67.8 cm³/mol. The van der Waals surface area contributed by atoms with Crippen molar-refractivity contribution in [2.45, 2.75) is 5.03 Å². The van der Waals surface area contributed by atoms with E-state index in [0.717, 1.165) is 15.9 Å². The van der Waals surface area contributed by atoms with Gasteiger partial charge in [0.1, 0.15) is 11.4 Å². The minimum Gasteiger partial charge on any atom is -0.350 e. The van der Waals surface area contributed by atoms with Crippen molar-refractivity contribution < 1.29 is 0 Å². The molecule has 3 rings (SSSR count). The van der Waals surface area contributed by atoms with E-state index in [4.69, 9.17) is 0 Å². The van der Waals surface area contributed by atoms with Crippen LogP contribution in [0.3, 0.4) is 0 Å². The molecule has 0 unspecified atom stereocenters. The molecule has 2 aromatic heterocycles. The summed E-state index contributed by atoms with van der Waals surface area (Å²) >= 11 is 1.66. The van der Waals surface area contributed by atoms with Crippen LogP contribution in [-0.4, -0.2) is 20.8 Å². The first-order valence-electron chi connectivity index (χ1n) is 5.03. The molecule has 1 aromatic carbocycles.